The summed E-state index contributed by atoms with van der Waals surface area (Å²) in [4.78, 5) is 14.3. The van der Waals surface area contributed by atoms with Gasteiger partial charge in [0.25, 0.3) is 0 Å². The molecule has 0 aliphatic heterocycles. The van der Waals surface area contributed by atoms with Crippen LogP contribution in [0.15, 0.2) is 36.5 Å². The van der Waals surface area contributed by atoms with Crippen LogP contribution in [0.2, 0.25) is 0 Å². The number of aromatic nitrogens is 1. The maximum Gasteiger partial charge on any atom is 0.314 e. The van der Waals surface area contributed by atoms with Gasteiger partial charge in [0.1, 0.15) is 24.1 Å². The van der Waals surface area contributed by atoms with Crippen LogP contribution in [-0.4, -0.2) is 17.0 Å². The first-order chi connectivity index (χ1) is 10.2. The number of nitro groups is 1. The van der Waals surface area contributed by atoms with Gasteiger partial charge in [-0.1, -0.05) is 6.07 Å². The monoisotopic (exact) mass is 285 g/mol. The lowest BCUT2D eigenvalue weighted by atomic mass is 10.2. The van der Waals surface area contributed by atoms with Crippen molar-refractivity contribution in [2.45, 2.75) is 6.61 Å². The number of ether oxygens (including phenoxy) is 2. The highest BCUT2D eigenvalue weighted by molar-refractivity contribution is 5.50. The zero-order chi connectivity index (χ0) is 15.2. The Morgan fingerprint density at radius 3 is 2.90 bits per heavy atom. The smallest absolute Gasteiger partial charge is 0.314 e. The van der Waals surface area contributed by atoms with Gasteiger partial charge >= 0.3 is 5.69 Å². The van der Waals surface area contributed by atoms with Gasteiger partial charge in [-0.3, -0.25) is 10.1 Å². The van der Waals surface area contributed by atoms with Crippen molar-refractivity contribution in [3.8, 4) is 17.6 Å². The van der Waals surface area contributed by atoms with Crippen LogP contribution in [0.1, 0.15) is 11.3 Å². The standard InChI is InChI=1S/C14H11N3O4/c1-20-14-5-4-11(7-13(14)17(18)19)21-9-10-3-2-6-16-12(10)8-15/h2-7H,9H2,1H3. The van der Waals surface area contributed by atoms with Gasteiger partial charge in [-0.05, 0) is 18.2 Å². The summed E-state index contributed by atoms with van der Waals surface area (Å²) in [7, 11) is 1.36. The molecule has 0 unspecified atom stereocenters. The Balaban J connectivity index is 2.19. The van der Waals surface area contributed by atoms with E-state index in [0.29, 0.717) is 11.3 Å². The predicted octanol–water partition coefficient (Wildman–Crippen LogP) is 2.45. The fourth-order valence-electron chi connectivity index (χ4n) is 1.72. The highest BCUT2D eigenvalue weighted by Gasteiger charge is 2.16. The Bertz CT molecular complexity index is 710. The van der Waals surface area contributed by atoms with Crippen LogP contribution in [0, 0.1) is 21.4 Å². The number of hydrogen-bond donors (Lipinski definition) is 0. The molecule has 0 saturated heterocycles. The van der Waals surface area contributed by atoms with E-state index in [1.54, 1.807) is 18.2 Å². The highest BCUT2D eigenvalue weighted by Crippen LogP contribution is 2.31. The molecule has 0 fully saturated rings. The second kappa shape index (κ2) is 6.34. The third-order valence-electron chi connectivity index (χ3n) is 2.74. The average Bonchev–Trinajstić information content (AvgIpc) is 2.52. The van der Waals surface area contributed by atoms with E-state index in [0.717, 1.165) is 0 Å². The van der Waals surface area contributed by atoms with Gasteiger partial charge in [0.15, 0.2) is 5.75 Å². The fourth-order valence-corrected chi connectivity index (χ4v) is 1.72. The lowest BCUT2D eigenvalue weighted by Crippen LogP contribution is -2.01. The van der Waals surface area contributed by atoms with Crippen LogP contribution in [0.25, 0.3) is 0 Å². The Morgan fingerprint density at radius 1 is 1.43 bits per heavy atom. The molecule has 106 valence electrons. The van der Waals surface area contributed by atoms with Gasteiger partial charge in [-0.25, -0.2) is 4.98 Å². The van der Waals surface area contributed by atoms with Crippen molar-refractivity contribution in [3.63, 3.8) is 0 Å². The molecule has 0 aliphatic carbocycles. The van der Waals surface area contributed by atoms with Gasteiger partial charge < -0.3 is 9.47 Å². The largest absolute Gasteiger partial charge is 0.490 e. The van der Waals surface area contributed by atoms with Crippen LogP contribution in [0.5, 0.6) is 11.5 Å². The molecule has 21 heavy (non-hydrogen) atoms. The van der Waals surface area contributed by atoms with E-state index in [2.05, 4.69) is 4.98 Å². The maximum absolute atomic E-state index is 10.9. The third kappa shape index (κ3) is 3.25. The van der Waals surface area contributed by atoms with Crippen molar-refractivity contribution in [2.24, 2.45) is 0 Å². The molecular weight excluding hydrogens is 274 g/mol. The molecule has 2 rings (SSSR count). The molecule has 0 amide bonds. The number of rotatable bonds is 5. The molecule has 2 aromatic rings. The molecule has 0 saturated carbocycles. The molecule has 7 nitrogen and oxygen atoms in total. The van der Waals surface area contributed by atoms with E-state index in [4.69, 9.17) is 14.7 Å². The topological polar surface area (TPSA) is 98.3 Å². The van der Waals surface area contributed by atoms with Crippen molar-refractivity contribution >= 4 is 5.69 Å². The second-order valence-corrected chi connectivity index (χ2v) is 4.00. The minimum absolute atomic E-state index is 0.0974. The molecule has 0 radical (unpaired) electrons. The van der Waals surface area contributed by atoms with Crippen molar-refractivity contribution in [1.29, 1.82) is 5.26 Å². The number of methoxy groups -OCH3 is 1. The maximum atomic E-state index is 10.9. The summed E-state index contributed by atoms with van der Waals surface area (Å²) >= 11 is 0. The molecule has 1 aromatic carbocycles. The van der Waals surface area contributed by atoms with Crippen LogP contribution in [-0.2, 0) is 6.61 Å². The summed E-state index contributed by atoms with van der Waals surface area (Å²) in [6, 6.07) is 9.67. The Morgan fingerprint density at radius 2 is 2.24 bits per heavy atom. The van der Waals surface area contributed by atoms with E-state index >= 15 is 0 Å². The first-order valence-electron chi connectivity index (χ1n) is 5.95. The van der Waals surface area contributed by atoms with Crippen LogP contribution in [0.3, 0.4) is 0 Å². The molecule has 7 heteroatoms. The van der Waals surface area contributed by atoms with Gasteiger partial charge in [0.2, 0.25) is 0 Å². The zero-order valence-electron chi connectivity index (χ0n) is 11.1. The first kappa shape index (κ1) is 14.3. The van der Waals surface area contributed by atoms with Gasteiger partial charge in [-0.2, -0.15) is 5.26 Å². The molecule has 1 aromatic heterocycles. The zero-order valence-corrected chi connectivity index (χ0v) is 11.1. The van der Waals surface area contributed by atoms with E-state index in [-0.39, 0.29) is 23.7 Å². The average molecular weight is 285 g/mol. The third-order valence-corrected chi connectivity index (χ3v) is 2.74. The second-order valence-electron chi connectivity index (χ2n) is 4.00. The lowest BCUT2D eigenvalue weighted by Gasteiger charge is -2.08. The van der Waals surface area contributed by atoms with Gasteiger partial charge in [0.05, 0.1) is 18.1 Å². The minimum Gasteiger partial charge on any atom is -0.490 e. The molecule has 0 aliphatic rings. The predicted molar refractivity (Wildman–Crippen MR) is 72.9 cm³/mol. The van der Waals surface area contributed by atoms with Crippen molar-refractivity contribution in [3.05, 3.63) is 57.9 Å². The van der Waals surface area contributed by atoms with E-state index in [9.17, 15) is 10.1 Å². The van der Waals surface area contributed by atoms with Crippen LogP contribution in [0.4, 0.5) is 5.69 Å². The van der Waals surface area contributed by atoms with Crippen molar-refractivity contribution < 1.29 is 14.4 Å². The number of pyridine rings is 1. The minimum atomic E-state index is -0.545. The van der Waals surface area contributed by atoms with E-state index in [1.807, 2.05) is 6.07 Å². The van der Waals surface area contributed by atoms with Gasteiger partial charge in [-0.15, -0.1) is 0 Å². The Labute approximate surface area is 120 Å². The number of nitro benzene ring substituents is 1. The molecule has 0 spiro atoms. The number of hydrogen-bond acceptors (Lipinski definition) is 6. The lowest BCUT2D eigenvalue weighted by molar-refractivity contribution is -0.385. The number of benzene rings is 1. The summed E-state index contributed by atoms with van der Waals surface area (Å²) in [5.41, 5.74) is 0.695. The summed E-state index contributed by atoms with van der Waals surface area (Å²) in [5.74, 6) is 0.474. The van der Waals surface area contributed by atoms with Crippen LogP contribution >= 0.6 is 0 Å². The van der Waals surface area contributed by atoms with Crippen molar-refractivity contribution in [1.82, 2.24) is 4.98 Å². The molecular formula is C14H11N3O4. The van der Waals surface area contributed by atoms with Gasteiger partial charge in [0, 0.05) is 11.8 Å². The SMILES string of the molecule is COc1ccc(OCc2cccnc2C#N)cc1[N+](=O)[O-]. The van der Waals surface area contributed by atoms with E-state index in [1.165, 1.54) is 25.4 Å². The van der Waals surface area contributed by atoms with E-state index < -0.39 is 4.92 Å². The highest BCUT2D eigenvalue weighted by atomic mass is 16.6. The quantitative estimate of drug-likeness (QED) is 0.618. The van der Waals surface area contributed by atoms with Crippen LogP contribution < -0.4 is 9.47 Å². The molecule has 1 heterocycles. The fraction of sp³-hybridized carbons (Fsp3) is 0.143. The molecule has 0 bridgehead atoms. The van der Waals surface area contributed by atoms with Crippen molar-refractivity contribution in [2.75, 3.05) is 7.11 Å². The number of nitriles is 1. The summed E-state index contributed by atoms with van der Waals surface area (Å²) in [6.07, 6.45) is 1.51. The Kier molecular flexibility index (Phi) is 4.31. The Hall–Kier alpha value is -3.14. The molecule has 0 N–H and O–H groups in total. The normalized spacial score (nSPS) is 9.71. The summed E-state index contributed by atoms with van der Waals surface area (Å²) in [5, 5.41) is 19.9. The summed E-state index contributed by atoms with van der Waals surface area (Å²) in [6.45, 7) is 0.0974. The summed E-state index contributed by atoms with van der Waals surface area (Å²) < 4.78 is 10.4. The first-order valence-corrected chi connectivity index (χ1v) is 5.95. The number of nitrogens with zero attached hydrogens (tertiary/aromatic N) is 3. The molecule has 0 atom stereocenters.